The van der Waals surface area contributed by atoms with Gasteiger partial charge in [0.2, 0.25) is 0 Å². The Morgan fingerprint density at radius 3 is 2.54 bits per heavy atom. The van der Waals surface area contributed by atoms with E-state index in [2.05, 4.69) is 81.8 Å². The predicted molar refractivity (Wildman–Crippen MR) is 118 cm³/mol. The van der Waals surface area contributed by atoms with Crippen LogP contribution < -0.4 is 11.1 Å². The molecule has 28 heavy (non-hydrogen) atoms. The van der Waals surface area contributed by atoms with Gasteiger partial charge in [-0.25, -0.2) is 0 Å². The molecule has 0 saturated carbocycles. The van der Waals surface area contributed by atoms with Gasteiger partial charge >= 0.3 is 0 Å². The number of nitrogens with zero attached hydrogens (tertiary/aromatic N) is 3. The standard InChI is InChI=1S/C23H33N5/c1-27-17-18-28(22(19-27)21-11-6-3-7-12-21)16-8-14-25-23(24)26-15-13-20-9-4-2-5-10-20/h2-7,9-12,22H,8,13-19H2,1H3,(H3,24,25,26). The Balaban J connectivity index is 1.41. The van der Waals surface area contributed by atoms with Crippen molar-refractivity contribution in [2.45, 2.75) is 18.9 Å². The summed E-state index contributed by atoms with van der Waals surface area (Å²) in [6.07, 6.45) is 1.98. The third kappa shape index (κ3) is 6.36. The molecule has 1 aliphatic rings. The van der Waals surface area contributed by atoms with E-state index in [0.29, 0.717) is 12.0 Å². The minimum atomic E-state index is 0.463. The van der Waals surface area contributed by atoms with Crippen molar-refractivity contribution in [2.75, 3.05) is 46.3 Å². The maximum atomic E-state index is 6.01. The second-order valence-electron chi connectivity index (χ2n) is 7.51. The molecule has 0 amide bonds. The van der Waals surface area contributed by atoms with Gasteiger partial charge in [-0.05, 0) is 31.0 Å². The van der Waals surface area contributed by atoms with Crippen molar-refractivity contribution in [3.63, 3.8) is 0 Å². The van der Waals surface area contributed by atoms with Crippen molar-refractivity contribution >= 4 is 5.96 Å². The number of nitrogens with two attached hydrogens (primary N) is 1. The lowest BCUT2D eigenvalue weighted by molar-refractivity contribution is 0.0894. The summed E-state index contributed by atoms with van der Waals surface area (Å²) in [5.41, 5.74) is 8.72. The monoisotopic (exact) mass is 379 g/mol. The summed E-state index contributed by atoms with van der Waals surface area (Å²) in [6, 6.07) is 21.7. The molecule has 0 radical (unpaired) electrons. The number of aliphatic imine (C=N–C) groups is 1. The zero-order chi connectivity index (χ0) is 19.6. The topological polar surface area (TPSA) is 56.9 Å². The van der Waals surface area contributed by atoms with Crippen LogP contribution in [0.5, 0.6) is 0 Å². The summed E-state index contributed by atoms with van der Waals surface area (Å²) in [7, 11) is 2.21. The highest BCUT2D eigenvalue weighted by Gasteiger charge is 2.25. The molecule has 1 saturated heterocycles. The predicted octanol–water partition coefficient (Wildman–Crippen LogP) is 2.51. The third-order valence-electron chi connectivity index (χ3n) is 5.33. The molecule has 3 N–H and O–H groups in total. The Morgan fingerprint density at radius 2 is 1.79 bits per heavy atom. The first-order valence-electron chi connectivity index (χ1n) is 10.3. The summed E-state index contributed by atoms with van der Waals surface area (Å²) in [5, 5.41) is 3.22. The number of rotatable bonds is 8. The number of benzene rings is 2. The van der Waals surface area contributed by atoms with Gasteiger partial charge in [0.25, 0.3) is 0 Å². The van der Waals surface area contributed by atoms with Crippen LogP contribution in [0.2, 0.25) is 0 Å². The van der Waals surface area contributed by atoms with E-state index in [4.69, 9.17) is 5.73 Å². The fraction of sp³-hybridized carbons (Fsp3) is 0.435. The summed E-state index contributed by atoms with van der Waals surface area (Å²) in [5.74, 6) is 0.550. The van der Waals surface area contributed by atoms with Crippen LogP contribution in [0.4, 0.5) is 0 Å². The van der Waals surface area contributed by atoms with Crippen molar-refractivity contribution < 1.29 is 0 Å². The smallest absolute Gasteiger partial charge is 0.188 e. The molecule has 1 aliphatic heterocycles. The minimum absolute atomic E-state index is 0.463. The zero-order valence-electron chi connectivity index (χ0n) is 16.9. The van der Waals surface area contributed by atoms with Crippen LogP contribution in [0.1, 0.15) is 23.6 Å². The van der Waals surface area contributed by atoms with Crippen molar-refractivity contribution in [3.05, 3.63) is 71.8 Å². The molecule has 2 aromatic carbocycles. The molecule has 3 rings (SSSR count). The van der Waals surface area contributed by atoms with Gasteiger partial charge in [0, 0.05) is 45.3 Å². The normalized spacial score (nSPS) is 18.9. The molecule has 2 aromatic rings. The fourth-order valence-corrected chi connectivity index (χ4v) is 3.72. The lowest BCUT2D eigenvalue weighted by Crippen LogP contribution is -2.47. The molecule has 1 atom stereocenters. The highest BCUT2D eigenvalue weighted by atomic mass is 15.3. The molecule has 0 aromatic heterocycles. The maximum absolute atomic E-state index is 6.01. The lowest BCUT2D eigenvalue weighted by Gasteiger charge is -2.40. The van der Waals surface area contributed by atoms with Gasteiger partial charge in [0.15, 0.2) is 5.96 Å². The van der Waals surface area contributed by atoms with Crippen LogP contribution in [-0.4, -0.2) is 62.1 Å². The summed E-state index contributed by atoms with van der Waals surface area (Å²) < 4.78 is 0. The second-order valence-corrected chi connectivity index (χ2v) is 7.51. The number of nitrogens with one attached hydrogen (secondary N) is 1. The first-order chi connectivity index (χ1) is 13.7. The van der Waals surface area contributed by atoms with E-state index in [9.17, 15) is 0 Å². The Hall–Kier alpha value is -2.37. The fourth-order valence-electron chi connectivity index (χ4n) is 3.72. The quantitative estimate of drug-likeness (QED) is 0.420. The Labute approximate surface area is 169 Å². The lowest BCUT2D eigenvalue weighted by atomic mass is 10.0. The molecule has 1 unspecified atom stereocenters. The van der Waals surface area contributed by atoms with Crippen molar-refractivity contribution in [1.82, 2.24) is 15.1 Å². The molecule has 0 spiro atoms. The van der Waals surface area contributed by atoms with E-state index >= 15 is 0 Å². The molecule has 1 fully saturated rings. The highest BCUT2D eigenvalue weighted by molar-refractivity contribution is 5.77. The number of likely N-dealkylation sites (N-methyl/N-ethyl adjacent to an activating group) is 1. The minimum Gasteiger partial charge on any atom is -0.370 e. The third-order valence-corrected chi connectivity index (χ3v) is 5.33. The SMILES string of the molecule is CN1CCN(CCCN=C(N)NCCc2ccccc2)C(c2ccccc2)C1. The van der Waals surface area contributed by atoms with Crippen LogP contribution in [-0.2, 0) is 6.42 Å². The Kier molecular flexibility index (Phi) is 7.88. The average Bonchev–Trinajstić information content (AvgIpc) is 2.73. The first-order valence-corrected chi connectivity index (χ1v) is 10.3. The van der Waals surface area contributed by atoms with E-state index in [1.54, 1.807) is 0 Å². The van der Waals surface area contributed by atoms with Gasteiger partial charge in [0.1, 0.15) is 0 Å². The van der Waals surface area contributed by atoms with Gasteiger partial charge in [-0.3, -0.25) is 9.89 Å². The van der Waals surface area contributed by atoms with E-state index in [-0.39, 0.29) is 0 Å². The number of guanidine groups is 1. The Bertz CT molecular complexity index is 716. The van der Waals surface area contributed by atoms with Crippen molar-refractivity contribution in [1.29, 1.82) is 0 Å². The van der Waals surface area contributed by atoms with Crippen LogP contribution in [0.15, 0.2) is 65.7 Å². The molecule has 5 heteroatoms. The Morgan fingerprint density at radius 1 is 1.07 bits per heavy atom. The molecule has 0 aliphatic carbocycles. The van der Waals surface area contributed by atoms with Crippen LogP contribution in [0.25, 0.3) is 0 Å². The van der Waals surface area contributed by atoms with Crippen molar-refractivity contribution in [3.8, 4) is 0 Å². The van der Waals surface area contributed by atoms with Crippen LogP contribution in [0.3, 0.4) is 0 Å². The van der Waals surface area contributed by atoms with E-state index in [1.807, 2.05) is 6.07 Å². The van der Waals surface area contributed by atoms with Gasteiger partial charge in [0.05, 0.1) is 0 Å². The summed E-state index contributed by atoms with van der Waals surface area (Å²) in [6.45, 7) is 5.93. The van der Waals surface area contributed by atoms with Gasteiger partial charge in [-0.15, -0.1) is 0 Å². The molecule has 1 heterocycles. The van der Waals surface area contributed by atoms with E-state index in [0.717, 1.165) is 52.1 Å². The van der Waals surface area contributed by atoms with Crippen LogP contribution in [0, 0.1) is 0 Å². The second kappa shape index (κ2) is 10.8. The van der Waals surface area contributed by atoms with Gasteiger partial charge in [-0.1, -0.05) is 60.7 Å². The van der Waals surface area contributed by atoms with Crippen LogP contribution >= 0.6 is 0 Å². The van der Waals surface area contributed by atoms with Gasteiger partial charge in [-0.2, -0.15) is 0 Å². The molecule has 150 valence electrons. The van der Waals surface area contributed by atoms with E-state index < -0.39 is 0 Å². The van der Waals surface area contributed by atoms with Gasteiger partial charge < -0.3 is 16.0 Å². The molecule has 5 nitrogen and oxygen atoms in total. The number of piperazine rings is 1. The summed E-state index contributed by atoms with van der Waals surface area (Å²) >= 11 is 0. The maximum Gasteiger partial charge on any atom is 0.188 e. The van der Waals surface area contributed by atoms with Crippen molar-refractivity contribution in [2.24, 2.45) is 10.7 Å². The average molecular weight is 380 g/mol. The number of hydrogen-bond acceptors (Lipinski definition) is 3. The zero-order valence-corrected chi connectivity index (χ0v) is 16.9. The largest absolute Gasteiger partial charge is 0.370 e. The number of hydrogen-bond donors (Lipinski definition) is 2. The molecular weight excluding hydrogens is 346 g/mol. The molecule has 0 bridgehead atoms. The van der Waals surface area contributed by atoms with E-state index in [1.165, 1.54) is 11.1 Å². The highest BCUT2D eigenvalue weighted by Crippen LogP contribution is 2.24. The molecular formula is C23H33N5. The summed E-state index contributed by atoms with van der Waals surface area (Å²) in [4.78, 5) is 9.50. The first kappa shape index (κ1) is 20.4.